The minimum absolute atomic E-state index is 0.110. The van der Waals surface area contributed by atoms with Crippen molar-refractivity contribution in [1.29, 1.82) is 0 Å². The fourth-order valence-electron chi connectivity index (χ4n) is 3.33. The molecule has 3 heterocycles. The van der Waals surface area contributed by atoms with Crippen LogP contribution in [0.3, 0.4) is 0 Å². The molecule has 0 aromatic carbocycles. The Balaban J connectivity index is 1.75. The van der Waals surface area contributed by atoms with Crippen LogP contribution in [-0.2, 0) is 10.2 Å². The van der Waals surface area contributed by atoms with Gasteiger partial charge in [0.25, 0.3) is 5.91 Å². The first-order chi connectivity index (χ1) is 10.8. The molecular formula is C17H23N3O3. The number of hydrogen-bond donors (Lipinski definition) is 1. The average Bonchev–Trinajstić information content (AvgIpc) is 2.51. The van der Waals surface area contributed by atoms with Gasteiger partial charge in [-0.15, -0.1) is 0 Å². The molecule has 6 heteroatoms. The van der Waals surface area contributed by atoms with E-state index in [9.17, 15) is 9.59 Å². The highest BCUT2D eigenvalue weighted by atomic mass is 16.6. The van der Waals surface area contributed by atoms with E-state index in [1.165, 1.54) is 0 Å². The number of pyridine rings is 1. The maximum absolute atomic E-state index is 12.2. The zero-order valence-corrected chi connectivity index (χ0v) is 13.9. The van der Waals surface area contributed by atoms with E-state index in [0.29, 0.717) is 25.3 Å². The monoisotopic (exact) mass is 317 g/mol. The van der Waals surface area contributed by atoms with Gasteiger partial charge in [-0.2, -0.15) is 0 Å². The summed E-state index contributed by atoms with van der Waals surface area (Å²) in [6.07, 6.45) is 2.97. The number of fused-ring (bicyclic) bond motifs is 2. The molecule has 1 spiro atoms. The Morgan fingerprint density at radius 1 is 1.35 bits per heavy atom. The highest BCUT2D eigenvalue weighted by molar-refractivity contribution is 5.95. The molecule has 124 valence electrons. The van der Waals surface area contributed by atoms with Crippen molar-refractivity contribution < 1.29 is 14.3 Å². The normalized spacial score (nSPS) is 20.0. The largest absolute Gasteiger partial charge is 0.444 e. The molecule has 1 fully saturated rings. The molecule has 0 saturated carbocycles. The predicted octanol–water partition coefficient (Wildman–Crippen LogP) is 2.09. The van der Waals surface area contributed by atoms with Crippen LogP contribution in [0.15, 0.2) is 18.3 Å². The minimum Gasteiger partial charge on any atom is -0.444 e. The van der Waals surface area contributed by atoms with Gasteiger partial charge in [0.15, 0.2) is 0 Å². The third kappa shape index (κ3) is 3.02. The minimum atomic E-state index is -0.485. The Hall–Kier alpha value is -2.11. The van der Waals surface area contributed by atoms with E-state index in [-0.39, 0.29) is 17.4 Å². The molecule has 2 aliphatic rings. The number of hydrogen-bond acceptors (Lipinski definition) is 4. The van der Waals surface area contributed by atoms with E-state index in [1.807, 2.05) is 32.9 Å². The van der Waals surface area contributed by atoms with Gasteiger partial charge in [0.05, 0.1) is 0 Å². The van der Waals surface area contributed by atoms with Gasteiger partial charge in [0.1, 0.15) is 11.3 Å². The van der Waals surface area contributed by atoms with Crippen LogP contribution >= 0.6 is 0 Å². The maximum Gasteiger partial charge on any atom is 0.410 e. The van der Waals surface area contributed by atoms with Crippen molar-refractivity contribution in [3.8, 4) is 0 Å². The summed E-state index contributed by atoms with van der Waals surface area (Å²) in [6, 6.07) is 3.86. The molecule has 1 N–H and O–H groups in total. The van der Waals surface area contributed by atoms with E-state index < -0.39 is 5.60 Å². The van der Waals surface area contributed by atoms with E-state index in [2.05, 4.69) is 10.3 Å². The van der Waals surface area contributed by atoms with Gasteiger partial charge in [-0.1, -0.05) is 6.07 Å². The summed E-state index contributed by atoms with van der Waals surface area (Å²) in [7, 11) is 0. The topological polar surface area (TPSA) is 71.5 Å². The molecule has 0 aliphatic carbocycles. The van der Waals surface area contributed by atoms with Crippen LogP contribution in [0.2, 0.25) is 0 Å². The van der Waals surface area contributed by atoms with E-state index in [4.69, 9.17) is 4.74 Å². The zero-order valence-electron chi connectivity index (χ0n) is 13.9. The first-order valence-electron chi connectivity index (χ1n) is 8.02. The molecule has 23 heavy (non-hydrogen) atoms. The fourth-order valence-corrected chi connectivity index (χ4v) is 3.33. The molecule has 2 amide bonds. The second-order valence-corrected chi connectivity index (χ2v) is 7.33. The standard InChI is InChI=1S/C17H23N3O3/c1-16(2,3)23-15(22)20-9-6-17(7-10-20)11-19-14(21)13-12(17)5-4-8-18-13/h4-5,8H,6-7,9-11H2,1-3H3,(H,19,21). The number of nitrogens with one attached hydrogen (secondary N) is 1. The highest BCUT2D eigenvalue weighted by Gasteiger charge is 2.43. The second-order valence-electron chi connectivity index (χ2n) is 7.33. The summed E-state index contributed by atoms with van der Waals surface area (Å²) in [4.78, 5) is 30.2. The van der Waals surface area contributed by atoms with Crippen LogP contribution < -0.4 is 5.32 Å². The molecule has 1 aromatic heterocycles. The summed E-state index contributed by atoms with van der Waals surface area (Å²) in [5.41, 5.74) is 0.912. The van der Waals surface area contributed by atoms with Gasteiger partial charge >= 0.3 is 6.09 Å². The van der Waals surface area contributed by atoms with Gasteiger partial charge < -0.3 is 15.0 Å². The Morgan fingerprint density at radius 2 is 2.04 bits per heavy atom. The van der Waals surface area contributed by atoms with Crippen LogP contribution in [0.4, 0.5) is 4.79 Å². The van der Waals surface area contributed by atoms with Crippen molar-refractivity contribution in [2.45, 2.75) is 44.6 Å². The van der Waals surface area contributed by atoms with E-state index in [1.54, 1.807) is 11.1 Å². The summed E-state index contributed by atoms with van der Waals surface area (Å²) in [5, 5.41) is 2.94. The first kappa shape index (κ1) is 15.8. The number of rotatable bonds is 0. The number of piperidine rings is 1. The van der Waals surface area contributed by atoms with Crippen molar-refractivity contribution in [3.05, 3.63) is 29.6 Å². The molecule has 0 radical (unpaired) electrons. The molecule has 6 nitrogen and oxygen atoms in total. The van der Waals surface area contributed by atoms with Crippen LogP contribution in [0.25, 0.3) is 0 Å². The number of carbonyl (C=O) groups is 2. The van der Waals surface area contributed by atoms with Crippen LogP contribution in [0.1, 0.15) is 49.7 Å². The third-order valence-corrected chi connectivity index (χ3v) is 4.55. The van der Waals surface area contributed by atoms with Crippen molar-refractivity contribution in [2.24, 2.45) is 0 Å². The Bertz CT molecular complexity index is 628. The molecule has 0 unspecified atom stereocenters. The smallest absolute Gasteiger partial charge is 0.410 e. The van der Waals surface area contributed by atoms with Gasteiger partial charge in [-0.3, -0.25) is 9.78 Å². The van der Waals surface area contributed by atoms with Gasteiger partial charge in [0.2, 0.25) is 0 Å². The Labute approximate surface area is 136 Å². The molecule has 0 atom stereocenters. The number of carbonyl (C=O) groups excluding carboxylic acids is 2. The van der Waals surface area contributed by atoms with Crippen molar-refractivity contribution in [2.75, 3.05) is 19.6 Å². The van der Waals surface area contributed by atoms with Crippen LogP contribution in [0, 0.1) is 0 Å². The van der Waals surface area contributed by atoms with E-state index in [0.717, 1.165) is 18.4 Å². The molecular weight excluding hydrogens is 294 g/mol. The number of ether oxygens (including phenoxy) is 1. The van der Waals surface area contributed by atoms with Crippen molar-refractivity contribution >= 4 is 12.0 Å². The average molecular weight is 317 g/mol. The number of likely N-dealkylation sites (tertiary alicyclic amines) is 1. The molecule has 0 bridgehead atoms. The number of amides is 2. The lowest BCUT2D eigenvalue weighted by Gasteiger charge is -2.44. The Morgan fingerprint density at radius 3 is 2.70 bits per heavy atom. The maximum atomic E-state index is 12.2. The Kier molecular flexibility index (Phi) is 3.78. The number of aromatic nitrogens is 1. The quantitative estimate of drug-likeness (QED) is 0.795. The van der Waals surface area contributed by atoms with E-state index >= 15 is 0 Å². The summed E-state index contributed by atoms with van der Waals surface area (Å²) >= 11 is 0. The zero-order chi connectivity index (χ0) is 16.7. The molecule has 2 aliphatic heterocycles. The van der Waals surface area contributed by atoms with Gasteiger partial charge in [-0.25, -0.2) is 4.79 Å². The predicted molar refractivity (Wildman–Crippen MR) is 85.3 cm³/mol. The fraction of sp³-hybridized carbons (Fsp3) is 0.588. The van der Waals surface area contributed by atoms with Gasteiger partial charge in [-0.05, 0) is 45.2 Å². The second kappa shape index (κ2) is 5.51. The lowest BCUT2D eigenvalue weighted by molar-refractivity contribution is 0.0158. The van der Waals surface area contributed by atoms with Crippen LogP contribution in [-0.4, -0.2) is 47.1 Å². The number of nitrogens with zero attached hydrogens (tertiary/aromatic N) is 2. The summed E-state index contributed by atoms with van der Waals surface area (Å²) in [5.74, 6) is -0.110. The van der Waals surface area contributed by atoms with Crippen LogP contribution in [0.5, 0.6) is 0 Å². The molecule has 1 saturated heterocycles. The lowest BCUT2D eigenvalue weighted by atomic mass is 9.70. The molecule has 3 rings (SSSR count). The van der Waals surface area contributed by atoms with Gasteiger partial charge in [0, 0.05) is 31.2 Å². The highest BCUT2D eigenvalue weighted by Crippen LogP contribution is 2.38. The SMILES string of the molecule is CC(C)(C)OC(=O)N1CCC2(CC1)CNC(=O)c1ncccc12. The van der Waals surface area contributed by atoms with Crippen molar-refractivity contribution in [1.82, 2.24) is 15.2 Å². The summed E-state index contributed by atoms with van der Waals surface area (Å²) in [6.45, 7) is 7.46. The third-order valence-electron chi connectivity index (χ3n) is 4.55. The van der Waals surface area contributed by atoms with Crippen molar-refractivity contribution in [3.63, 3.8) is 0 Å². The first-order valence-corrected chi connectivity index (χ1v) is 8.02. The summed E-state index contributed by atoms with van der Waals surface area (Å²) < 4.78 is 5.44. The molecule has 1 aromatic rings. The lowest BCUT2D eigenvalue weighted by Crippen LogP contribution is -2.54.